The van der Waals surface area contributed by atoms with E-state index in [0.717, 1.165) is 18.2 Å². The van der Waals surface area contributed by atoms with Crippen LogP contribution in [0.4, 0.5) is 0 Å². The molecule has 2 aliphatic rings. The number of pyridine rings is 1. The summed E-state index contributed by atoms with van der Waals surface area (Å²) in [5, 5.41) is 61.4. The molecule has 1 aromatic heterocycles. The third-order valence-corrected chi connectivity index (χ3v) is 13.3. The number of aliphatic hydroxyl groups is 2. The molecule has 0 aliphatic carbocycles. The van der Waals surface area contributed by atoms with Crippen molar-refractivity contribution in [3.05, 3.63) is 59.4 Å². The molecule has 0 saturated carbocycles. The molecule has 2 bridgehead atoms. The standard InChI is InChI=1S/C46H67N9O12S2/c1-24(2)16-32-40(60)51-34(18-27-11-13-30(58)14-12-27)41(61)49-33(17-25(3)4)42(62)55-38(26(5)57)45(65)54-37(44(64)52-35(19-56)46(66)67)23-69-21-29-9-6-8-28(48-29)20-68-22-36(43(63)50-32)53-39(59)31-10-7-15-47-31/h6,8-9,11-14,24-26,31-38,47,56-58H,7,10,15-23H2,1-5H3,(H,49,61)(H,50,63)(H,51,60)(H,52,64)(H,53,59)(H,54,65)(H,55,62)(H,66,67)/t26-,31+,32+,33+,34+,35+,36+,37+,38+/m1/s1. The number of hydrogen-bond acceptors (Lipinski definition) is 15. The molecule has 3 heterocycles. The van der Waals surface area contributed by atoms with Crippen molar-refractivity contribution in [3.8, 4) is 5.75 Å². The number of hydrogen-bond donors (Lipinski definition) is 12. The molecular weight excluding hydrogens is 935 g/mol. The normalized spacial score (nSPS) is 24.8. The summed E-state index contributed by atoms with van der Waals surface area (Å²) in [4.78, 5) is 114. The Balaban J connectivity index is 1.76. The van der Waals surface area contributed by atoms with E-state index in [1.807, 2.05) is 13.8 Å². The summed E-state index contributed by atoms with van der Waals surface area (Å²) in [5.74, 6) is -6.92. The number of carboxylic acids is 1. The number of amides is 7. The molecule has 380 valence electrons. The molecule has 0 radical (unpaired) electrons. The molecular formula is C46H67N9O12S2. The van der Waals surface area contributed by atoms with Crippen molar-refractivity contribution in [2.75, 3.05) is 24.7 Å². The summed E-state index contributed by atoms with van der Waals surface area (Å²) in [6, 6.07) is 0.816. The number of phenols is 1. The van der Waals surface area contributed by atoms with Crippen LogP contribution in [0.2, 0.25) is 0 Å². The number of thioether (sulfide) groups is 2. The number of fused-ring (bicyclic) bond motifs is 2. The van der Waals surface area contributed by atoms with Gasteiger partial charge in [0.25, 0.3) is 0 Å². The molecule has 7 amide bonds. The highest BCUT2D eigenvalue weighted by molar-refractivity contribution is 7.98. The number of aliphatic hydroxyl groups excluding tert-OH is 2. The van der Waals surface area contributed by atoms with Gasteiger partial charge in [0, 0.05) is 29.4 Å². The van der Waals surface area contributed by atoms with Crippen LogP contribution >= 0.6 is 23.5 Å². The zero-order chi connectivity index (χ0) is 50.8. The van der Waals surface area contributed by atoms with Crippen molar-refractivity contribution < 1.29 is 58.8 Å². The molecule has 1 saturated heterocycles. The van der Waals surface area contributed by atoms with Gasteiger partial charge in [-0.1, -0.05) is 45.9 Å². The van der Waals surface area contributed by atoms with E-state index in [2.05, 4.69) is 42.5 Å². The van der Waals surface area contributed by atoms with Gasteiger partial charge in [0.2, 0.25) is 41.4 Å². The summed E-state index contributed by atoms with van der Waals surface area (Å²) in [7, 11) is 0. The van der Waals surface area contributed by atoms with Crippen LogP contribution in [-0.4, -0.2) is 152 Å². The number of nitrogens with one attached hydrogen (secondary N) is 8. The number of nitrogens with zero attached hydrogens (tertiary/aromatic N) is 1. The maximum atomic E-state index is 14.4. The molecule has 23 heteroatoms. The van der Waals surface area contributed by atoms with E-state index in [9.17, 15) is 58.8 Å². The van der Waals surface area contributed by atoms with Gasteiger partial charge < -0.3 is 63.0 Å². The van der Waals surface area contributed by atoms with Crippen LogP contribution in [0.25, 0.3) is 0 Å². The number of carbonyl (C=O) groups is 8. The average Bonchev–Trinajstić information content (AvgIpc) is 3.84. The summed E-state index contributed by atoms with van der Waals surface area (Å²) in [5.41, 5.74) is 1.70. The lowest BCUT2D eigenvalue weighted by atomic mass is 9.99. The Hall–Kier alpha value is -5.49. The van der Waals surface area contributed by atoms with Crippen molar-refractivity contribution in [3.63, 3.8) is 0 Å². The first-order chi connectivity index (χ1) is 32.7. The highest BCUT2D eigenvalue weighted by atomic mass is 32.2. The Morgan fingerprint density at radius 1 is 0.725 bits per heavy atom. The van der Waals surface area contributed by atoms with E-state index in [4.69, 9.17) is 4.98 Å². The zero-order valence-corrected chi connectivity index (χ0v) is 41.1. The highest BCUT2D eigenvalue weighted by Crippen LogP contribution is 2.19. The fourth-order valence-corrected chi connectivity index (χ4v) is 9.39. The fraction of sp³-hybridized carbons (Fsp3) is 0.587. The second-order valence-corrected chi connectivity index (χ2v) is 20.1. The van der Waals surface area contributed by atoms with E-state index >= 15 is 0 Å². The van der Waals surface area contributed by atoms with E-state index in [1.165, 1.54) is 30.8 Å². The number of aromatic hydroxyl groups is 1. The topological polar surface area (TPSA) is 327 Å². The average molecular weight is 1000 g/mol. The predicted octanol–water partition coefficient (Wildman–Crippen LogP) is -0.795. The Kier molecular flexibility index (Phi) is 22.5. The SMILES string of the molecule is CC(C)C[C@@H]1NC(=O)[C@@H](NC(=O)[C@@H]2CCCN2)CSCc2cccc(n2)CSC[C@@H](C(=O)N[C@@H](CO)C(=O)O)NC(=O)[C@H]([C@@H](C)O)NC(=O)[C@H](CC(C)C)NC(=O)[C@H](Cc2ccc(O)cc2)NC1=O. The lowest BCUT2D eigenvalue weighted by molar-refractivity contribution is -0.143. The van der Waals surface area contributed by atoms with Gasteiger partial charge in [0.1, 0.15) is 48.0 Å². The van der Waals surface area contributed by atoms with Gasteiger partial charge in [-0.05, 0) is 80.8 Å². The number of rotatable bonds is 13. The minimum absolute atomic E-state index is 0.0216. The van der Waals surface area contributed by atoms with Gasteiger partial charge >= 0.3 is 5.97 Å². The molecule has 21 nitrogen and oxygen atoms in total. The number of carboxylic acid groups (broad SMARTS) is 1. The summed E-state index contributed by atoms with van der Waals surface area (Å²) < 4.78 is 0. The second kappa shape index (κ2) is 27.6. The maximum Gasteiger partial charge on any atom is 0.328 e. The largest absolute Gasteiger partial charge is 0.508 e. The molecule has 69 heavy (non-hydrogen) atoms. The van der Waals surface area contributed by atoms with Gasteiger partial charge in [-0.25, -0.2) is 4.79 Å². The van der Waals surface area contributed by atoms with Gasteiger partial charge in [0.05, 0.1) is 30.1 Å². The minimum atomic E-state index is -1.71. The number of aliphatic carboxylic acids is 1. The molecule has 4 rings (SSSR count). The molecule has 12 N–H and O–H groups in total. The van der Waals surface area contributed by atoms with Crippen LogP contribution in [0.15, 0.2) is 42.5 Å². The van der Waals surface area contributed by atoms with Crippen LogP contribution in [0.3, 0.4) is 0 Å². The molecule has 2 aromatic rings. The van der Waals surface area contributed by atoms with Gasteiger partial charge in [-0.3, -0.25) is 38.5 Å². The number of benzene rings is 1. The van der Waals surface area contributed by atoms with Gasteiger partial charge in [-0.2, -0.15) is 23.5 Å². The number of aromatic nitrogens is 1. The van der Waals surface area contributed by atoms with E-state index in [-0.39, 0.29) is 60.0 Å². The van der Waals surface area contributed by atoms with Crippen LogP contribution in [0.5, 0.6) is 5.75 Å². The summed E-state index contributed by atoms with van der Waals surface area (Å²) in [6.07, 6.45) is -0.165. The third-order valence-electron chi connectivity index (χ3n) is 11.1. The molecule has 0 unspecified atom stereocenters. The number of carbonyl (C=O) groups excluding carboxylic acids is 7. The van der Waals surface area contributed by atoms with E-state index in [0.29, 0.717) is 35.7 Å². The minimum Gasteiger partial charge on any atom is -0.508 e. The molecule has 1 aromatic carbocycles. The Labute approximate surface area is 410 Å². The van der Waals surface area contributed by atoms with E-state index in [1.54, 1.807) is 44.2 Å². The first kappa shape index (κ1) is 56.1. The lowest BCUT2D eigenvalue weighted by Crippen LogP contribution is -2.62. The molecule has 0 spiro atoms. The van der Waals surface area contributed by atoms with Crippen molar-refractivity contribution in [2.45, 2.75) is 133 Å². The van der Waals surface area contributed by atoms with Gasteiger partial charge in [-0.15, -0.1) is 0 Å². The highest BCUT2D eigenvalue weighted by Gasteiger charge is 2.36. The monoisotopic (exact) mass is 1000 g/mol. The molecule has 2 aliphatic heterocycles. The van der Waals surface area contributed by atoms with E-state index < -0.39 is 102 Å². The van der Waals surface area contributed by atoms with Crippen molar-refractivity contribution in [2.24, 2.45) is 11.8 Å². The Morgan fingerprint density at radius 3 is 1.84 bits per heavy atom. The zero-order valence-electron chi connectivity index (χ0n) is 39.5. The number of phenolic OH excluding ortho intramolecular Hbond substituents is 1. The Morgan fingerprint density at radius 2 is 1.29 bits per heavy atom. The first-order valence-corrected chi connectivity index (χ1v) is 25.3. The quantitative estimate of drug-likeness (QED) is 0.117. The van der Waals surface area contributed by atoms with Gasteiger partial charge in [0.15, 0.2) is 0 Å². The second-order valence-electron chi connectivity index (χ2n) is 18.0. The van der Waals surface area contributed by atoms with Crippen molar-refractivity contribution in [1.29, 1.82) is 0 Å². The Bertz CT molecular complexity index is 2090. The van der Waals surface area contributed by atoms with Crippen LogP contribution in [0, 0.1) is 11.8 Å². The summed E-state index contributed by atoms with van der Waals surface area (Å²) >= 11 is 2.47. The lowest BCUT2D eigenvalue weighted by Gasteiger charge is -2.29. The molecule has 1 fully saturated rings. The maximum absolute atomic E-state index is 14.4. The van der Waals surface area contributed by atoms with Crippen molar-refractivity contribution in [1.82, 2.24) is 47.5 Å². The van der Waals surface area contributed by atoms with Crippen molar-refractivity contribution >= 4 is 70.8 Å². The third kappa shape index (κ3) is 18.4. The van der Waals surface area contributed by atoms with Crippen LogP contribution < -0.4 is 42.5 Å². The van der Waals surface area contributed by atoms with Crippen LogP contribution in [-0.2, 0) is 56.3 Å². The smallest absolute Gasteiger partial charge is 0.328 e. The summed E-state index contributed by atoms with van der Waals surface area (Å²) in [6.45, 7) is 8.18. The fourth-order valence-electron chi connectivity index (χ4n) is 7.48. The first-order valence-electron chi connectivity index (χ1n) is 23.0. The van der Waals surface area contributed by atoms with Crippen LogP contribution in [0.1, 0.15) is 77.3 Å². The molecule has 9 atom stereocenters. The predicted molar refractivity (Wildman–Crippen MR) is 258 cm³/mol.